The summed E-state index contributed by atoms with van der Waals surface area (Å²) in [6.45, 7) is 1.39. The quantitative estimate of drug-likeness (QED) is 0.726. The molecule has 0 spiro atoms. The van der Waals surface area contributed by atoms with E-state index in [-0.39, 0.29) is 29.5 Å². The van der Waals surface area contributed by atoms with Crippen molar-refractivity contribution < 1.29 is 14.0 Å². The number of halogens is 1. The zero-order valence-corrected chi connectivity index (χ0v) is 17.1. The Morgan fingerprint density at radius 3 is 2.97 bits per heavy atom. The summed E-state index contributed by atoms with van der Waals surface area (Å²) in [5, 5.41) is 13.6. The van der Waals surface area contributed by atoms with E-state index in [1.165, 1.54) is 6.07 Å². The maximum atomic E-state index is 14.1. The summed E-state index contributed by atoms with van der Waals surface area (Å²) in [5.41, 5.74) is 0.355. The molecule has 1 saturated carbocycles. The van der Waals surface area contributed by atoms with Crippen molar-refractivity contribution in [1.29, 1.82) is 0 Å². The highest BCUT2D eigenvalue weighted by atomic mass is 19.1. The first kappa shape index (κ1) is 19.6. The Balaban J connectivity index is 1.32. The molecule has 1 aliphatic carbocycles. The molecule has 2 amide bonds. The van der Waals surface area contributed by atoms with Gasteiger partial charge in [0.25, 0.3) is 5.91 Å². The lowest BCUT2D eigenvalue weighted by Gasteiger charge is -2.32. The highest BCUT2D eigenvalue weighted by Gasteiger charge is 2.38. The first-order valence-electron chi connectivity index (χ1n) is 10.3. The number of nitrogens with one attached hydrogen (secondary N) is 2. The van der Waals surface area contributed by atoms with Crippen LogP contribution in [0.15, 0.2) is 30.2 Å². The van der Waals surface area contributed by atoms with Gasteiger partial charge < -0.3 is 10.2 Å². The molecule has 1 atom stereocenters. The molecule has 2 aromatic rings. The fourth-order valence-electron chi connectivity index (χ4n) is 3.94. The van der Waals surface area contributed by atoms with Crippen LogP contribution in [-0.4, -0.2) is 73.1 Å². The zero-order chi connectivity index (χ0) is 21.5. The number of hydrogen-bond acceptors (Lipinski definition) is 7. The molecule has 1 saturated heterocycles. The Morgan fingerprint density at radius 2 is 2.19 bits per heavy atom. The smallest absolute Gasteiger partial charge is 0.291 e. The van der Waals surface area contributed by atoms with Gasteiger partial charge in [0.05, 0.1) is 18.2 Å². The molecular weight excluding hydrogens is 403 g/mol. The molecule has 0 aromatic carbocycles. The molecule has 2 aromatic heterocycles. The summed E-state index contributed by atoms with van der Waals surface area (Å²) >= 11 is 0. The van der Waals surface area contributed by atoms with Gasteiger partial charge in [-0.2, -0.15) is 0 Å². The van der Waals surface area contributed by atoms with E-state index in [2.05, 4.69) is 25.5 Å². The van der Waals surface area contributed by atoms with Gasteiger partial charge in [-0.15, -0.1) is 5.10 Å². The Bertz CT molecular complexity index is 1050. The van der Waals surface area contributed by atoms with E-state index in [9.17, 15) is 14.0 Å². The monoisotopic (exact) mass is 426 g/mol. The lowest BCUT2D eigenvalue weighted by molar-refractivity contribution is -0.130. The molecule has 5 rings (SSSR count). The standard InChI is InChI=1S/C20H23FN8O2/c1-27-16-7-9-28(11-15-14(21)3-2-8-22-15)29(16)10-6-13(20(27)31)17-24-18(26-25-17)19(30)23-12-4-5-12/h2-3,7-8,12-13H,4-6,9-11H2,1H3,(H,23,30)(H,24,25,26)/t13-/m0/s1. The topological polar surface area (TPSA) is 110 Å². The predicted octanol–water partition coefficient (Wildman–Crippen LogP) is 0.751. The van der Waals surface area contributed by atoms with Crippen LogP contribution in [0.3, 0.4) is 0 Å². The highest BCUT2D eigenvalue weighted by molar-refractivity contribution is 5.91. The number of nitrogens with zero attached hydrogens (tertiary/aromatic N) is 6. The van der Waals surface area contributed by atoms with Crippen LogP contribution in [0.4, 0.5) is 4.39 Å². The van der Waals surface area contributed by atoms with Crippen molar-refractivity contribution in [2.75, 3.05) is 20.1 Å². The minimum absolute atomic E-state index is 0.0496. The number of carbonyl (C=O) groups excluding carboxylic acids is 2. The van der Waals surface area contributed by atoms with E-state index in [0.717, 1.165) is 18.7 Å². The van der Waals surface area contributed by atoms with E-state index in [4.69, 9.17) is 0 Å². The van der Waals surface area contributed by atoms with Gasteiger partial charge in [-0.1, -0.05) is 0 Å². The Hall–Kier alpha value is -3.34. The number of aromatic amines is 1. The zero-order valence-electron chi connectivity index (χ0n) is 17.1. The first-order chi connectivity index (χ1) is 15.0. The van der Waals surface area contributed by atoms with Crippen LogP contribution in [0.25, 0.3) is 0 Å². The van der Waals surface area contributed by atoms with Crippen molar-refractivity contribution in [2.24, 2.45) is 0 Å². The summed E-state index contributed by atoms with van der Waals surface area (Å²) in [5.74, 6) is -0.201. The van der Waals surface area contributed by atoms with Crippen molar-refractivity contribution in [1.82, 2.24) is 40.4 Å². The van der Waals surface area contributed by atoms with Crippen molar-refractivity contribution >= 4 is 11.8 Å². The number of hydrogen-bond donors (Lipinski definition) is 2. The average Bonchev–Trinajstić information content (AvgIpc) is 3.32. The van der Waals surface area contributed by atoms with E-state index in [1.54, 1.807) is 24.2 Å². The molecular formula is C20H23FN8O2. The number of H-pyrrole nitrogens is 1. The van der Waals surface area contributed by atoms with Crippen LogP contribution in [-0.2, 0) is 11.3 Å². The van der Waals surface area contributed by atoms with E-state index in [0.29, 0.717) is 37.6 Å². The van der Waals surface area contributed by atoms with Crippen LogP contribution >= 0.6 is 0 Å². The summed E-state index contributed by atoms with van der Waals surface area (Å²) in [6.07, 6.45) is 5.92. The highest BCUT2D eigenvalue weighted by Crippen LogP contribution is 2.31. The molecule has 0 radical (unpaired) electrons. The maximum absolute atomic E-state index is 14.1. The van der Waals surface area contributed by atoms with E-state index >= 15 is 0 Å². The largest absolute Gasteiger partial charge is 0.347 e. The molecule has 2 fully saturated rings. The lowest BCUT2D eigenvalue weighted by atomic mass is 10.0. The van der Waals surface area contributed by atoms with E-state index < -0.39 is 5.92 Å². The van der Waals surface area contributed by atoms with Gasteiger partial charge in [0.1, 0.15) is 17.5 Å². The number of likely N-dealkylation sites (N-methyl/N-ethyl adjacent to an activating group) is 1. The second-order valence-corrected chi connectivity index (χ2v) is 8.00. The molecule has 3 aliphatic rings. The number of rotatable bonds is 5. The first-order valence-corrected chi connectivity index (χ1v) is 10.3. The minimum Gasteiger partial charge on any atom is -0.347 e. The normalized spacial score (nSPS) is 21.7. The van der Waals surface area contributed by atoms with Gasteiger partial charge in [0.15, 0.2) is 0 Å². The van der Waals surface area contributed by atoms with Crippen LogP contribution in [0.5, 0.6) is 0 Å². The van der Waals surface area contributed by atoms with Gasteiger partial charge in [-0.3, -0.25) is 24.7 Å². The number of hydrazine groups is 1. The Kier molecular flexibility index (Phi) is 4.89. The molecule has 2 aliphatic heterocycles. The molecule has 0 unspecified atom stereocenters. The summed E-state index contributed by atoms with van der Waals surface area (Å²) in [7, 11) is 1.71. The fourth-order valence-corrected chi connectivity index (χ4v) is 3.94. The van der Waals surface area contributed by atoms with Gasteiger partial charge >= 0.3 is 0 Å². The number of amides is 2. The van der Waals surface area contributed by atoms with Gasteiger partial charge in [0.2, 0.25) is 11.7 Å². The average molecular weight is 426 g/mol. The second kappa shape index (κ2) is 7.73. The summed E-state index contributed by atoms with van der Waals surface area (Å²) < 4.78 is 14.1. The van der Waals surface area contributed by atoms with Gasteiger partial charge in [0, 0.05) is 32.4 Å². The molecule has 0 bridgehead atoms. The van der Waals surface area contributed by atoms with Crippen LogP contribution in [0.2, 0.25) is 0 Å². The van der Waals surface area contributed by atoms with Gasteiger partial charge in [-0.05, 0) is 37.5 Å². The summed E-state index contributed by atoms with van der Waals surface area (Å²) in [6, 6.07) is 3.16. The van der Waals surface area contributed by atoms with Crippen molar-refractivity contribution in [3.63, 3.8) is 0 Å². The van der Waals surface area contributed by atoms with Crippen LogP contribution in [0, 0.1) is 5.82 Å². The predicted molar refractivity (Wildman–Crippen MR) is 106 cm³/mol. The molecule has 4 heterocycles. The van der Waals surface area contributed by atoms with E-state index in [1.807, 2.05) is 16.1 Å². The lowest BCUT2D eigenvalue weighted by Crippen LogP contribution is -2.41. The number of pyridine rings is 1. The molecule has 162 valence electrons. The molecule has 10 nitrogen and oxygen atoms in total. The molecule has 31 heavy (non-hydrogen) atoms. The third-order valence-corrected chi connectivity index (χ3v) is 5.81. The van der Waals surface area contributed by atoms with Crippen molar-refractivity contribution in [2.45, 2.75) is 37.8 Å². The van der Waals surface area contributed by atoms with Crippen molar-refractivity contribution in [3.05, 3.63) is 53.4 Å². The van der Waals surface area contributed by atoms with Gasteiger partial charge in [-0.25, -0.2) is 14.4 Å². The number of fused-ring (bicyclic) bond motifs is 1. The second-order valence-electron chi connectivity index (χ2n) is 8.00. The minimum atomic E-state index is -0.556. The van der Waals surface area contributed by atoms with Crippen LogP contribution < -0.4 is 5.32 Å². The molecule has 2 N–H and O–H groups in total. The fraction of sp³-hybridized carbons (Fsp3) is 0.450. The SMILES string of the molecule is CN1C(=O)[C@H](c2nc(C(=O)NC3CC3)n[nH]2)CCN2C1=CCN2Cc1ncccc1F. The molecule has 11 heteroatoms. The summed E-state index contributed by atoms with van der Waals surface area (Å²) in [4.78, 5) is 35.4. The van der Waals surface area contributed by atoms with Crippen molar-refractivity contribution in [3.8, 4) is 0 Å². The Labute approximate surface area is 178 Å². The number of aromatic nitrogens is 4. The Morgan fingerprint density at radius 1 is 1.35 bits per heavy atom. The number of carbonyl (C=O) groups is 2. The third kappa shape index (κ3) is 3.76. The maximum Gasteiger partial charge on any atom is 0.291 e. The third-order valence-electron chi connectivity index (χ3n) is 5.81. The van der Waals surface area contributed by atoms with Crippen LogP contribution in [0.1, 0.15) is 47.3 Å².